The Hall–Kier alpha value is -1.45. The molecule has 20 heavy (non-hydrogen) atoms. The molecule has 0 saturated carbocycles. The predicted molar refractivity (Wildman–Crippen MR) is 86.5 cm³/mol. The molecule has 0 saturated heterocycles. The van der Waals surface area contributed by atoms with Crippen molar-refractivity contribution in [2.45, 2.75) is 17.6 Å². The summed E-state index contributed by atoms with van der Waals surface area (Å²) in [7, 11) is 1.87. The first-order valence-corrected chi connectivity index (χ1v) is 7.81. The number of hydrogen-bond donors (Lipinski definition) is 0. The first-order valence-electron chi connectivity index (χ1n) is 6.45. The van der Waals surface area contributed by atoms with Gasteiger partial charge in [-0.15, -0.1) is 11.8 Å². The Morgan fingerprint density at radius 2 is 1.90 bits per heavy atom. The summed E-state index contributed by atoms with van der Waals surface area (Å²) in [6.07, 6.45) is 0. The largest absolute Gasteiger partial charge is 0.257 e. The highest BCUT2D eigenvalue weighted by molar-refractivity contribution is 7.98. The fourth-order valence-corrected chi connectivity index (χ4v) is 3.60. The number of benzene rings is 2. The summed E-state index contributed by atoms with van der Waals surface area (Å²) >= 11 is 8.05. The first kappa shape index (κ1) is 13.5. The first-order chi connectivity index (χ1) is 9.65. The SMILES string of the molecule is Cc1nn(C)c(Cl)c1CSc1ccc2ccccc2c1. The maximum absolute atomic E-state index is 6.26. The summed E-state index contributed by atoms with van der Waals surface area (Å²) in [5.74, 6) is 0.844. The number of hydrogen-bond acceptors (Lipinski definition) is 2. The van der Waals surface area contributed by atoms with E-state index in [4.69, 9.17) is 11.6 Å². The second-order valence-corrected chi connectivity index (χ2v) is 6.18. The van der Waals surface area contributed by atoms with E-state index in [0.717, 1.165) is 22.2 Å². The van der Waals surface area contributed by atoms with Gasteiger partial charge in [0.25, 0.3) is 0 Å². The minimum atomic E-state index is 0.732. The second-order valence-electron chi connectivity index (χ2n) is 4.78. The van der Waals surface area contributed by atoms with E-state index >= 15 is 0 Å². The third-order valence-electron chi connectivity index (χ3n) is 3.37. The fraction of sp³-hybridized carbons (Fsp3) is 0.188. The maximum Gasteiger partial charge on any atom is 0.131 e. The highest BCUT2D eigenvalue weighted by Crippen LogP contribution is 2.30. The zero-order valence-electron chi connectivity index (χ0n) is 11.4. The normalized spacial score (nSPS) is 11.2. The van der Waals surface area contributed by atoms with Gasteiger partial charge in [0.2, 0.25) is 0 Å². The molecule has 0 aliphatic rings. The molecule has 2 nitrogen and oxygen atoms in total. The van der Waals surface area contributed by atoms with Crippen molar-refractivity contribution < 1.29 is 0 Å². The van der Waals surface area contributed by atoms with Crippen LogP contribution in [-0.2, 0) is 12.8 Å². The maximum atomic E-state index is 6.26. The highest BCUT2D eigenvalue weighted by atomic mass is 35.5. The molecular formula is C16H15ClN2S. The Kier molecular flexibility index (Phi) is 3.72. The molecule has 0 amide bonds. The summed E-state index contributed by atoms with van der Waals surface area (Å²) in [6, 6.07) is 14.9. The third-order valence-corrected chi connectivity index (χ3v) is 4.87. The number of aromatic nitrogens is 2. The summed E-state index contributed by atoms with van der Waals surface area (Å²) in [6.45, 7) is 2.00. The van der Waals surface area contributed by atoms with Crippen LogP contribution < -0.4 is 0 Å². The van der Waals surface area contributed by atoms with Crippen molar-refractivity contribution in [3.8, 4) is 0 Å². The minimum Gasteiger partial charge on any atom is -0.257 e. The zero-order valence-corrected chi connectivity index (χ0v) is 13.0. The van der Waals surface area contributed by atoms with Crippen LogP contribution >= 0.6 is 23.4 Å². The van der Waals surface area contributed by atoms with E-state index in [-0.39, 0.29) is 0 Å². The fourth-order valence-electron chi connectivity index (χ4n) is 2.25. The number of rotatable bonds is 3. The molecule has 2 aromatic carbocycles. The van der Waals surface area contributed by atoms with Crippen LogP contribution in [-0.4, -0.2) is 9.78 Å². The molecule has 4 heteroatoms. The van der Waals surface area contributed by atoms with Crippen molar-refractivity contribution in [2.24, 2.45) is 7.05 Å². The number of thioether (sulfide) groups is 1. The molecule has 0 unspecified atom stereocenters. The van der Waals surface area contributed by atoms with Crippen LogP contribution in [0.3, 0.4) is 0 Å². The standard InChI is InChI=1S/C16H15ClN2S/c1-11-15(16(17)19(2)18-11)10-20-14-8-7-12-5-3-4-6-13(12)9-14/h3-9H,10H2,1-2H3. The molecule has 3 aromatic rings. The van der Waals surface area contributed by atoms with Gasteiger partial charge in [0.05, 0.1) is 5.69 Å². The lowest BCUT2D eigenvalue weighted by Gasteiger charge is -2.04. The van der Waals surface area contributed by atoms with E-state index in [2.05, 4.69) is 47.6 Å². The molecule has 0 radical (unpaired) electrons. The van der Waals surface area contributed by atoms with Gasteiger partial charge in [0.1, 0.15) is 5.15 Å². The van der Waals surface area contributed by atoms with Crippen molar-refractivity contribution in [3.63, 3.8) is 0 Å². The molecule has 1 aromatic heterocycles. The number of fused-ring (bicyclic) bond motifs is 1. The van der Waals surface area contributed by atoms with Gasteiger partial charge >= 0.3 is 0 Å². The summed E-state index contributed by atoms with van der Waals surface area (Å²) < 4.78 is 1.73. The molecule has 0 N–H and O–H groups in total. The van der Waals surface area contributed by atoms with E-state index in [1.165, 1.54) is 15.7 Å². The predicted octanol–water partition coefficient (Wildman–Crippen LogP) is 4.83. The van der Waals surface area contributed by atoms with Gasteiger partial charge in [0, 0.05) is 23.3 Å². The molecule has 0 atom stereocenters. The van der Waals surface area contributed by atoms with E-state index in [9.17, 15) is 0 Å². The monoisotopic (exact) mass is 302 g/mol. The molecular weight excluding hydrogens is 288 g/mol. The Balaban J connectivity index is 1.83. The number of aryl methyl sites for hydroxylation is 2. The van der Waals surface area contributed by atoms with Crippen LogP contribution in [0.25, 0.3) is 10.8 Å². The molecule has 3 rings (SSSR count). The van der Waals surface area contributed by atoms with Crippen LogP contribution in [0.15, 0.2) is 47.4 Å². The van der Waals surface area contributed by atoms with Gasteiger partial charge in [-0.1, -0.05) is 41.9 Å². The zero-order chi connectivity index (χ0) is 14.1. The van der Waals surface area contributed by atoms with Crippen LogP contribution in [0.1, 0.15) is 11.3 Å². The molecule has 1 heterocycles. The van der Waals surface area contributed by atoms with Crippen LogP contribution in [0.4, 0.5) is 0 Å². The molecule has 0 aliphatic carbocycles. The van der Waals surface area contributed by atoms with E-state index in [1.807, 2.05) is 14.0 Å². The van der Waals surface area contributed by atoms with Crippen molar-refractivity contribution in [3.05, 3.63) is 58.9 Å². The minimum absolute atomic E-state index is 0.732. The van der Waals surface area contributed by atoms with Crippen LogP contribution in [0, 0.1) is 6.92 Å². The Morgan fingerprint density at radius 3 is 2.60 bits per heavy atom. The molecule has 0 spiro atoms. The van der Waals surface area contributed by atoms with Crippen molar-refractivity contribution >= 4 is 34.1 Å². The second kappa shape index (κ2) is 5.51. The Morgan fingerprint density at radius 1 is 1.15 bits per heavy atom. The summed E-state index contributed by atoms with van der Waals surface area (Å²) in [5, 5.41) is 7.62. The Labute approximate surface area is 127 Å². The highest BCUT2D eigenvalue weighted by Gasteiger charge is 2.11. The lowest BCUT2D eigenvalue weighted by atomic mass is 10.1. The average molecular weight is 303 g/mol. The van der Waals surface area contributed by atoms with Crippen molar-refractivity contribution in [1.82, 2.24) is 9.78 Å². The topological polar surface area (TPSA) is 17.8 Å². The third kappa shape index (κ3) is 2.56. The van der Waals surface area contributed by atoms with E-state index < -0.39 is 0 Å². The van der Waals surface area contributed by atoms with E-state index in [0.29, 0.717) is 0 Å². The quantitative estimate of drug-likeness (QED) is 0.645. The smallest absolute Gasteiger partial charge is 0.131 e. The van der Waals surface area contributed by atoms with E-state index in [1.54, 1.807) is 16.4 Å². The van der Waals surface area contributed by atoms with Gasteiger partial charge < -0.3 is 0 Å². The van der Waals surface area contributed by atoms with Gasteiger partial charge in [-0.25, -0.2) is 0 Å². The van der Waals surface area contributed by atoms with Crippen LogP contribution in [0.2, 0.25) is 5.15 Å². The van der Waals surface area contributed by atoms with Crippen molar-refractivity contribution in [2.75, 3.05) is 0 Å². The molecule has 0 bridgehead atoms. The lowest BCUT2D eigenvalue weighted by molar-refractivity contribution is 0.757. The average Bonchev–Trinajstić information content (AvgIpc) is 2.70. The van der Waals surface area contributed by atoms with Crippen LogP contribution in [0.5, 0.6) is 0 Å². The molecule has 0 aliphatic heterocycles. The van der Waals surface area contributed by atoms with Crippen molar-refractivity contribution in [1.29, 1.82) is 0 Å². The van der Waals surface area contributed by atoms with Gasteiger partial charge in [0.15, 0.2) is 0 Å². The van der Waals surface area contributed by atoms with Gasteiger partial charge in [-0.05, 0) is 29.8 Å². The molecule has 102 valence electrons. The number of nitrogens with zero attached hydrogens (tertiary/aromatic N) is 2. The summed E-state index contributed by atoms with van der Waals surface area (Å²) in [4.78, 5) is 1.25. The lowest BCUT2D eigenvalue weighted by Crippen LogP contribution is -1.89. The summed E-state index contributed by atoms with van der Waals surface area (Å²) in [5.41, 5.74) is 2.12. The molecule has 0 fully saturated rings. The van der Waals surface area contributed by atoms with Gasteiger partial charge in [-0.3, -0.25) is 4.68 Å². The number of halogens is 1. The Bertz CT molecular complexity index is 764. The van der Waals surface area contributed by atoms with Gasteiger partial charge in [-0.2, -0.15) is 5.10 Å².